The molecular weight excluding hydrogens is 452 g/mol. The van der Waals surface area contributed by atoms with Gasteiger partial charge in [0.05, 0.1) is 23.1 Å². The van der Waals surface area contributed by atoms with Crippen molar-refractivity contribution >= 4 is 39.3 Å². The number of amides is 1. The molecule has 1 amide bonds. The van der Waals surface area contributed by atoms with Crippen molar-refractivity contribution in [3.05, 3.63) is 48.9 Å². The number of aromatic nitrogens is 6. The van der Waals surface area contributed by atoms with Gasteiger partial charge in [-0.1, -0.05) is 19.9 Å². The zero-order valence-electron chi connectivity index (χ0n) is 20.4. The van der Waals surface area contributed by atoms with Crippen LogP contribution in [0.5, 0.6) is 0 Å². The van der Waals surface area contributed by atoms with Crippen molar-refractivity contribution in [3.8, 4) is 22.6 Å². The van der Waals surface area contributed by atoms with Crippen molar-refractivity contribution in [2.24, 2.45) is 5.92 Å². The number of H-pyrrole nitrogens is 2. The van der Waals surface area contributed by atoms with Gasteiger partial charge in [-0.2, -0.15) is 5.10 Å². The number of pyridine rings is 2. The number of hydrogen-bond acceptors (Lipinski definition) is 6. The molecule has 36 heavy (non-hydrogen) atoms. The van der Waals surface area contributed by atoms with Gasteiger partial charge >= 0.3 is 0 Å². The Kier molecular flexibility index (Phi) is 5.59. The summed E-state index contributed by atoms with van der Waals surface area (Å²) in [4.78, 5) is 31.7. The standard InChI is InChI=1S/C27H28N8O/c1-16(2)27(36)30-19-12-18(14-28-15-19)17-6-7-21-20(13-17)23(34-33-21)26-31-24-22(8-9-29-25(24)32-26)35-10-4-3-5-11-35/h6-9,12-16H,3-5,10-11H2,1-2H3,(H,30,36)(H,33,34)(H,29,31,32). The number of imidazole rings is 1. The van der Waals surface area contributed by atoms with E-state index >= 15 is 0 Å². The first-order valence-corrected chi connectivity index (χ1v) is 12.4. The number of nitrogens with zero attached hydrogens (tertiary/aromatic N) is 5. The summed E-state index contributed by atoms with van der Waals surface area (Å²) in [5.74, 6) is 0.539. The lowest BCUT2D eigenvalue weighted by molar-refractivity contribution is -0.118. The normalized spacial score (nSPS) is 14.1. The van der Waals surface area contributed by atoms with Crippen LogP contribution in [0.15, 0.2) is 48.9 Å². The summed E-state index contributed by atoms with van der Waals surface area (Å²) in [6, 6.07) is 10.1. The van der Waals surface area contributed by atoms with E-state index in [1.165, 1.54) is 19.3 Å². The van der Waals surface area contributed by atoms with Crippen LogP contribution in [0.4, 0.5) is 11.4 Å². The van der Waals surface area contributed by atoms with Gasteiger partial charge in [0.1, 0.15) is 11.2 Å². The number of piperidine rings is 1. The zero-order chi connectivity index (χ0) is 24.6. The van der Waals surface area contributed by atoms with Crippen LogP contribution in [0.2, 0.25) is 0 Å². The number of fused-ring (bicyclic) bond motifs is 2. The van der Waals surface area contributed by atoms with E-state index in [0.29, 0.717) is 17.2 Å². The predicted molar refractivity (Wildman–Crippen MR) is 142 cm³/mol. The number of rotatable bonds is 5. The molecule has 1 aliphatic rings. The number of aromatic amines is 2. The molecule has 1 saturated heterocycles. The summed E-state index contributed by atoms with van der Waals surface area (Å²) in [6.45, 7) is 5.83. The van der Waals surface area contributed by atoms with Gasteiger partial charge in [0.25, 0.3) is 0 Å². The average Bonchev–Trinajstić information content (AvgIpc) is 3.53. The van der Waals surface area contributed by atoms with Crippen molar-refractivity contribution in [2.75, 3.05) is 23.3 Å². The monoisotopic (exact) mass is 480 g/mol. The first-order chi connectivity index (χ1) is 17.6. The van der Waals surface area contributed by atoms with E-state index in [1.807, 2.05) is 38.2 Å². The largest absolute Gasteiger partial charge is 0.370 e. The minimum Gasteiger partial charge on any atom is -0.370 e. The lowest BCUT2D eigenvalue weighted by atomic mass is 10.0. The number of carbonyl (C=O) groups is 1. The Labute approximate surface area is 208 Å². The Balaban J connectivity index is 1.38. The van der Waals surface area contributed by atoms with E-state index in [0.717, 1.165) is 52.0 Å². The third kappa shape index (κ3) is 4.06. The second kappa shape index (κ2) is 9.07. The van der Waals surface area contributed by atoms with E-state index in [9.17, 15) is 4.79 Å². The van der Waals surface area contributed by atoms with Crippen LogP contribution in [0.1, 0.15) is 33.1 Å². The molecule has 0 saturated carbocycles. The van der Waals surface area contributed by atoms with Gasteiger partial charge < -0.3 is 15.2 Å². The Bertz CT molecular complexity index is 1560. The number of carbonyl (C=O) groups excluding carboxylic acids is 1. The van der Waals surface area contributed by atoms with Gasteiger partial charge in [0, 0.05) is 42.4 Å². The molecule has 0 spiro atoms. The van der Waals surface area contributed by atoms with E-state index in [4.69, 9.17) is 4.98 Å². The lowest BCUT2D eigenvalue weighted by Gasteiger charge is -2.28. The average molecular weight is 481 g/mol. The van der Waals surface area contributed by atoms with Gasteiger partial charge in [-0.05, 0) is 49.1 Å². The summed E-state index contributed by atoms with van der Waals surface area (Å²) in [5, 5.41) is 11.6. The molecule has 0 bridgehead atoms. The maximum atomic E-state index is 12.1. The number of nitrogens with one attached hydrogen (secondary N) is 3. The lowest BCUT2D eigenvalue weighted by Crippen LogP contribution is -2.29. The summed E-state index contributed by atoms with van der Waals surface area (Å²) in [5.41, 5.74) is 6.99. The highest BCUT2D eigenvalue weighted by atomic mass is 16.1. The van der Waals surface area contributed by atoms with Crippen molar-refractivity contribution in [3.63, 3.8) is 0 Å². The molecule has 0 atom stereocenters. The van der Waals surface area contributed by atoms with Crippen LogP contribution < -0.4 is 10.2 Å². The van der Waals surface area contributed by atoms with E-state index in [2.05, 4.69) is 47.5 Å². The molecule has 4 aromatic heterocycles. The number of anilines is 2. The highest BCUT2D eigenvalue weighted by Crippen LogP contribution is 2.33. The van der Waals surface area contributed by atoms with Crippen molar-refractivity contribution < 1.29 is 4.79 Å². The minimum absolute atomic E-state index is 0.0380. The fourth-order valence-electron chi connectivity index (χ4n) is 4.74. The first-order valence-electron chi connectivity index (χ1n) is 12.4. The Hall–Kier alpha value is -4.27. The third-order valence-corrected chi connectivity index (χ3v) is 6.72. The molecule has 0 aliphatic carbocycles. The summed E-state index contributed by atoms with van der Waals surface area (Å²) in [7, 11) is 0. The molecule has 182 valence electrons. The van der Waals surface area contributed by atoms with Crippen LogP contribution in [-0.4, -0.2) is 49.1 Å². The number of hydrogen-bond donors (Lipinski definition) is 3. The van der Waals surface area contributed by atoms with E-state index in [-0.39, 0.29) is 11.8 Å². The quantitative estimate of drug-likeness (QED) is 0.320. The Morgan fingerprint density at radius 1 is 1.06 bits per heavy atom. The topological polar surface area (TPSA) is 115 Å². The first kappa shape index (κ1) is 22.2. The van der Waals surface area contributed by atoms with Gasteiger partial charge in [-0.3, -0.25) is 14.9 Å². The van der Waals surface area contributed by atoms with Crippen molar-refractivity contribution in [1.82, 2.24) is 30.1 Å². The molecule has 9 heteroatoms. The highest BCUT2D eigenvalue weighted by Gasteiger charge is 2.19. The van der Waals surface area contributed by atoms with E-state index in [1.54, 1.807) is 12.4 Å². The summed E-state index contributed by atoms with van der Waals surface area (Å²) in [6.07, 6.45) is 8.97. The maximum absolute atomic E-state index is 12.1. The molecule has 5 heterocycles. The fourth-order valence-corrected chi connectivity index (χ4v) is 4.74. The molecule has 1 aliphatic heterocycles. The smallest absolute Gasteiger partial charge is 0.226 e. The molecule has 0 radical (unpaired) electrons. The predicted octanol–water partition coefficient (Wildman–Crippen LogP) is 5.15. The highest BCUT2D eigenvalue weighted by molar-refractivity contribution is 5.97. The van der Waals surface area contributed by atoms with Crippen LogP contribution in [-0.2, 0) is 4.79 Å². The minimum atomic E-state index is -0.104. The van der Waals surface area contributed by atoms with E-state index < -0.39 is 0 Å². The molecule has 1 aromatic carbocycles. The molecular formula is C27H28N8O. The molecule has 9 nitrogen and oxygen atoms in total. The van der Waals surface area contributed by atoms with Crippen LogP contribution in [0, 0.1) is 5.92 Å². The Morgan fingerprint density at radius 2 is 1.92 bits per heavy atom. The fraction of sp³-hybridized carbons (Fsp3) is 0.296. The second-order valence-corrected chi connectivity index (χ2v) is 9.60. The molecule has 1 fully saturated rings. The van der Waals surface area contributed by atoms with Gasteiger partial charge in [-0.25, -0.2) is 9.97 Å². The second-order valence-electron chi connectivity index (χ2n) is 9.60. The summed E-state index contributed by atoms with van der Waals surface area (Å²) >= 11 is 0. The van der Waals surface area contributed by atoms with Crippen LogP contribution in [0.25, 0.3) is 44.7 Å². The van der Waals surface area contributed by atoms with Crippen LogP contribution in [0.3, 0.4) is 0 Å². The van der Waals surface area contributed by atoms with Crippen LogP contribution >= 0.6 is 0 Å². The Morgan fingerprint density at radius 3 is 2.75 bits per heavy atom. The van der Waals surface area contributed by atoms with Gasteiger partial charge in [-0.15, -0.1) is 0 Å². The molecule has 5 aromatic rings. The zero-order valence-corrected chi connectivity index (χ0v) is 20.4. The molecule has 3 N–H and O–H groups in total. The number of benzene rings is 1. The molecule has 6 rings (SSSR count). The van der Waals surface area contributed by atoms with Gasteiger partial charge in [0.15, 0.2) is 11.5 Å². The SMILES string of the molecule is CC(C)C(=O)Nc1cncc(-c2ccc3[nH]nc(-c4nc5nccc(N6CCCCC6)c5[nH]4)c3c2)c1. The third-order valence-electron chi connectivity index (χ3n) is 6.72. The molecule has 0 unspecified atom stereocenters. The van der Waals surface area contributed by atoms with Crippen molar-refractivity contribution in [2.45, 2.75) is 33.1 Å². The summed E-state index contributed by atoms with van der Waals surface area (Å²) < 4.78 is 0. The van der Waals surface area contributed by atoms with Crippen molar-refractivity contribution in [1.29, 1.82) is 0 Å². The maximum Gasteiger partial charge on any atom is 0.226 e. The van der Waals surface area contributed by atoms with Gasteiger partial charge in [0.2, 0.25) is 5.91 Å².